The maximum absolute atomic E-state index is 13.4. The molecule has 14 N–H and O–H groups in total. The second kappa shape index (κ2) is 46.9. The highest BCUT2D eigenvalue weighted by Crippen LogP contribution is 2.38. The molecule has 3 fully saturated rings. The van der Waals surface area contributed by atoms with Crippen molar-refractivity contribution in [2.75, 3.05) is 26.4 Å². The first-order chi connectivity index (χ1) is 42.9. The Hall–Kier alpha value is -3.05. The Balaban J connectivity index is 1.63. The third kappa shape index (κ3) is 29.8. The van der Waals surface area contributed by atoms with Gasteiger partial charge in [0.1, 0.15) is 67.1 Å². The molecule has 0 radical (unpaired) electrons. The van der Waals surface area contributed by atoms with Crippen molar-refractivity contribution in [1.29, 1.82) is 0 Å². The van der Waals surface area contributed by atoms with E-state index in [0.29, 0.717) is 12.8 Å². The number of carboxylic acid groups (broad SMARTS) is 1. The van der Waals surface area contributed by atoms with Gasteiger partial charge in [-0.2, -0.15) is 0 Å². The standard InChI is InChI=1S/C66H118N2O21/c1-4-6-8-10-12-14-16-18-20-22-24-25-27-29-31-33-35-37-39-48(73)47(68-53(76)40-38-36-34-32-30-28-26-23-21-19-17-15-13-11-9-7-5-2)45-84-63-58(80)57(79)60(52(44-71)86-63)87-64-59(81)62(56(78)51(43-70)85-64)89-66(65(82)83)41-49(74)54(67-46(3)72)61(88-66)55(77)50(75)42-69/h13,15,19,21,37,39,47-52,54-64,69-71,73-75,77-81H,4-12,14,16-18,20,22-36,38,40-45H2,1-3H3,(H,67,72)(H,68,76)(H,82,83)/b15-13-,21-19-,39-37+. The van der Waals surface area contributed by atoms with Crippen LogP contribution >= 0.6 is 0 Å². The molecule has 18 atom stereocenters. The van der Waals surface area contributed by atoms with Crippen LogP contribution in [0, 0.1) is 0 Å². The van der Waals surface area contributed by atoms with Crippen LogP contribution in [-0.4, -0.2) is 215 Å². The van der Waals surface area contributed by atoms with Gasteiger partial charge in [-0.15, -0.1) is 0 Å². The molecule has 0 aromatic rings. The summed E-state index contributed by atoms with van der Waals surface area (Å²) in [6.45, 7) is 2.09. The molecule has 23 nitrogen and oxygen atoms in total. The lowest BCUT2D eigenvalue weighted by atomic mass is 9.88. The fourth-order valence-electron chi connectivity index (χ4n) is 11.6. The van der Waals surface area contributed by atoms with Crippen LogP contribution < -0.4 is 10.6 Å². The Kier molecular flexibility index (Phi) is 42.3. The zero-order chi connectivity index (χ0) is 65.4. The molecule has 18 unspecified atom stereocenters. The van der Waals surface area contributed by atoms with E-state index in [4.69, 9.17) is 28.4 Å². The highest BCUT2D eigenvalue weighted by molar-refractivity contribution is 5.77. The lowest BCUT2D eigenvalue weighted by Crippen LogP contribution is -2.70. The Bertz CT molecular complexity index is 1950. The van der Waals surface area contributed by atoms with Gasteiger partial charge in [0.2, 0.25) is 11.8 Å². The maximum Gasteiger partial charge on any atom is 0.364 e. The summed E-state index contributed by atoms with van der Waals surface area (Å²) in [6.07, 6.45) is 17.5. The summed E-state index contributed by atoms with van der Waals surface area (Å²) < 4.78 is 34.8. The minimum atomic E-state index is -3.08. The SMILES string of the molecule is CCCCC/C=C\C/C=C\CCCCCCCCCC(=O)NC(COC1OC(CO)C(OC2OC(CO)C(O)C(OC3(C(=O)O)CC(O)C(NC(C)=O)C(C(O)C(O)CO)O3)C2O)C(O)C1O)C(O)/C=C/CCCCCCCCCCCCCCCCCC. The summed E-state index contributed by atoms with van der Waals surface area (Å²) in [6, 6.07) is -2.62. The largest absolute Gasteiger partial charge is 0.477 e. The number of carboxylic acids is 1. The van der Waals surface area contributed by atoms with Gasteiger partial charge in [0.25, 0.3) is 5.79 Å². The second-order valence-electron chi connectivity index (χ2n) is 24.7. The summed E-state index contributed by atoms with van der Waals surface area (Å²) in [4.78, 5) is 38.5. The predicted octanol–water partition coefficient (Wildman–Crippen LogP) is 5.45. The molecule has 0 spiro atoms. The van der Waals surface area contributed by atoms with Crippen LogP contribution in [0.4, 0.5) is 0 Å². The van der Waals surface area contributed by atoms with Crippen molar-refractivity contribution < 1.29 is 104 Å². The fourth-order valence-corrected chi connectivity index (χ4v) is 11.6. The maximum atomic E-state index is 13.4. The number of aliphatic hydroxyl groups excluding tert-OH is 11. The van der Waals surface area contributed by atoms with Gasteiger partial charge in [-0.3, -0.25) is 9.59 Å². The molecule has 0 aliphatic carbocycles. The molecule has 2 amide bonds. The first kappa shape index (κ1) is 80.2. The van der Waals surface area contributed by atoms with Gasteiger partial charge in [0.05, 0.1) is 50.7 Å². The molecule has 0 saturated carbocycles. The summed E-state index contributed by atoms with van der Waals surface area (Å²) in [7, 11) is 0. The number of hydrogen-bond acceptors (Lipinski definition) is 20. The van der Waals surface area contributed by atoms with Crippen molar-refractivity contribution in [3.05, 3.63) is 36.5 Å². The van der Waals surface area contributed by atoms with E-state index in [9.17, 15) is 75.7 Å². The van der Waals surface area contributed by atoms with Gasteiger partial charge < -0.3 is 100 Å². The van der Waals surface area contributed by atoms with Crippen LogP contribution in [0.15, 0.2) is 36.5 Å². The van der Waals surface area contributed by atoms with Crippen molar-refractivity contribution in [2.45, 2.75) is 336 Å². The van der Waals surface area contributed by atoms with Crippen LogP contribution in [0.3, 0.4) is 0 Å². The average molecular weight is 1280 g/mol. The number of carbonyl (C=O) groups is 3. The van der Waals surface area contributed by atoms with E-state index < -0.39 is 155 Å². The number of rotatable bonds is 50. The number of allylic oxidation sites excluding steroid dienone is 5. The second-order valence-corrected chi connectivity index (χ2v) is 24.7. The van der Waals surface area contributed by atoms with Gasteiger partial charge in [-0.1, -0.05) is 192 Å². The van der Waals surface area contributed by atoms with Crippen LogP contribution in [0.2, 0.25) is 0 Å². The normalized spacial score (nSPS) is 29.0. The first-order valence-corrected chi connectivity index (χ1v) is 33.9. The van der Waals surface area contributed by atoms with Crippen LogP contribution in [0.1, 0.15) is 226 Å². The third-order valence-corrected chi connectivity index (χ3v) is 17.1. The van der Waals surface area contributed by atoms with Crippen molar-refractivity contribution in [3.8, 4) is 0 Å². The van der Waals surface area contributed by atoms with E-state index in [1.165, 1.54) is 103 Å². The first-order valence-electron chi connectivity index (χ1n) is 33.9. The van der Waals surface area contributed by atoms with Crippen molar-refractivity contribution in [2.24, 2.45) is 0 Å². The molecule has 518 valence electrons. The molecule has 23 heteroatoms. The summed E-state index contributed by atoms with van der Waals surface area (Å²) in [5, 5.41) is 136. The van der Waals surface area contributed by atoms with E-state index in [-0.39, 0.29) is 12.3 Å². The predicted molar refractivity (Wildman–Crippen MR) is 334 cm³/mol. The van der Waals surface area contributed by atoms with Crippen LogP contribution in [0.25, 0.3) is 0 Å². The minimum Gasteiger partial charge on any atom is -0.477 e. The Morgan fingerprint density at radius 3 is 1.61 bits per heavy atom. The Morgan fingerprint density at radius 2 is 1.09 bits per heavy atom. The number of unbranched alkanes of at least 4 members (excludes halogenated alkanes) is 26. The lowest BCUT2D eigenvalue weighted by molar-refractivity contribution is -0.386. The van der Waals surface area contributed by atoms with E-state index >= 15 is 0 Å². The number of hydrogen-bond donors (Lipinski definition) is 14. The lowest BCUT2D eigenvalue weighted by Gasteiger charge is -2.50. The van der Waals surface area contributed by atoms with Gasteiger partial charge in [0.15, 0.2) is 12.6 Å². The van der Waals surface area contributed by atoms with E-state index in [0.717, 1.165) is 84.0 Å². The van der Waals surface area contributed by atoms with Crippen LogP contribution in [0.5, 0.6) is 0 Å². The molecule has 3 rings (SSSR count). The Morgan fingerprint density at radius 1 is 0.596 bits per heavy atom. The molecule has 3 aliphatic rings. The summed E-state index contributed by atoms with van der Waals surface area (Å²) in [5.41, 5.74) is 0. The Labute approximate surface area is 529 Å². The zero-order valence-corrected chi connectivity index (χ0v) is 53.8. The number of aliphatic carboxylic acids is 1. The molecule has 3 aliphatic heterocycles. The number of aliphatic hydroxyl groups is 11. The van der Waals surface area contributed by atoms with E-state index in [1.807, 2.05) is 6.08 Å². The quantitative estimate of drug-likeness (QED) is 0.0266. The fraction of sp³-hybridized carbons (Fsp3) is 0.864. The summed E-state index contributed by atoms with van der Waals surface area (Å²) in [5.74, 6) is -6.15. The number of nitrogens with one attached hydrogen (secondary N) is 2. The highest BCUT2D eigenvalue weighted by Gasteiger charge is 2.60. The van der Waals surface area contributed by atoms with E-state index in [2.05, 4.69) is 48.8 Å². The van der Waals surface area contributed by atoms with Crippen molar-refractivity contribution in [3.63, 3.8) is 0 Å². The monoisotopic (exact) mass is 1270 g/mol. The number of ether oxygens (including phenoxy) is 6. The van der Waals surface area contributed by atoms with Crippen molar-refractivity contribution in [1.82, 2.24) is 10.6 Å². The van der Waals surface area contributed by atoms with Crippen molar-refractivity contribution >= 4 is 17.8 Å². The van der Waals surface area contributed by atoms with Gasteiger partial charge in [-0.25, -0.2) is 4.79 Å². The molecule has 0 aromatic carbocycles. The molecule has 0 aromatic heterocycles. The number of amides is 2. The molecular formula is C66H118N2O21. The summed E-state index contributed by atoms with van der Waals surface area (Å²) >= 11 is 0. The topological polar surface area (TPSA) is 373 Å². The van der Waals surface area contributed by atoms with Gasteiger partial charge >= 0.3 is 5.97 Å². The molecular weight excluding hydrogens is 1160 g/mol. The zero-order valence-electron chi connectivity index (χ0n) is 53.8. The molecule has 0 bridgehead atoms. The average Bonchev–Trinajstić information content (AvgIpc) is 0.878. The van der Waals surface area contributed by atoms with Gasteiger partial charge in [0, 0.05) is 19.8 Å². The minimum absolute atomic E-state index is 0.190. The highest BCUT2D eigenvalue weighted by atomic mass is 16.8. The van der Waals surface area contributed by atoms with E-state index in [1.54, 1.807) is 6.08 Å². The molecule has 89 heavy (non-hydrogen) atoms. The molecule has 3 heterocycles. The van der Waals surface area contributed by atoms with Gasteiger partial charge in [-0.05, 0) is 51.4 Å². The van der Waals surface area contributed by atoms with Crippen LogP contribution in [-0.2, 0) is 42.8 Å². The molecule has 3 saturated heterocycles. The number of carbonyl (C=O) groups excluding carboxylic acids is 2. The third-order valence-electron chi connectivity index (χ3n) is 17.1. The smallest absolute Gasteiger partial charge is 0.364 e.